The number of amides is 4. The van der Waals surface area contributed by atoms with Gasteiger partial charge in [-0.05, 0) is 172 Å². The van der Waals surface area contributed by atoms with E-state index in [0.29, 0.717) is 130 Å². The Hall–Kier alpha value is -4.60. The van der Waals surface area contributed by atoms with Crippen molar-refractivity contribution in [3.63, 3.8) is 0 Å². The van der Waals surface area contributed by atoms with E-state index in [9.17, 15) is 38.4 Å². The lowest BCUT2D eigenvalue weighted by Gasteiger charge is -2.08. The number of aliphatic hydroxyl groups is 6. The van der Waals surface area contributed by atoms with Crippen LogP contribution in [0.2, 0.25) is 0 Å². The number of hydroxylamine groups is 2. The second-order valence-electron chi connectivity index (χ2n) is 32.6. The fraction of sp³-hybridized carbons (Fsp3) is 0.902. The number of carbonyl (C=O) groups is 8. The Morgan fingerprint density at radius 2 is 0.701 bits per heavy atom. The van der Waals surface area contributed by atoms with Gasteiger partial charge in [-0.3, -0.25) is 48.8 Å². The maximum absolute atomic E-state index is 10.5. The van der Waals surface area contributed by atoms with Gasteiger partial charge in [0.15, 0.2) is 0 Å². The maximum Gasteiger partial charge on any atom is 0.305 e. The van der Waals surface area contributed by atoms with Crippen molar-refractivity contribution in [1.82, 2.24) is 11.0 Å². The molecule has 0 heterocycles. The number of hydrogen-bond acceptors (Lipinski definition) is 19. The molecular formula is C82H179N5O20. The fourth-order valence-electron chi connectivity index (χ4n) is 6.95. The zero-order chi connectivity index (χ0) is 87.4. The largest absolute Gasteiger partial charge is 0.481 e. The normalized spacial score (nSPS) is 11.3. The minimum atomic E-state index is -0.713. The third-order valence-corrected chi connectivity index (χ3v) is 12.9. The second-order valence-corrected chi connectivity index (χ2v) is 32.6. The summed E-state index contributed by atoms with van der Waals surface area (Å²) in [5, 5.41) is 83.1. The molecule has 1 aliphatic rings. The number of aliphatic carboxylic acids is 2. The molecule has 0 aromatic carbocycles. The monoisotopic (exact) mass is 1550 g/mol. The van der Waals surface area contributed by atoms with Crippen LogP contribution < -0.4 is 28.2 Å². The fourth-order valence-corrected chi connectivity index (χ4v) is 6.95. The predicted octanol–water partition coefficient (Wildman–Crippen LogP) is 15.4. The second kappa shape index (κ2) is 99.4. The summed E-state index contributed by atoms with van der Waals surface area (Å²) >= 11 is 0. The van der Waals surface area contributed by atoms with Gasteiger partial charge in [0.25, 0.3) is 0 Å². The zero-order valence-corrected chi connectivity index (χ0v) is 74.2. The number of esters is 2. The van der Waals surface area contributed by atoms with Gasteiger partial charge in [0.1, 0.15) is 0 Å². The molecular weight excluding hydrogens is 1370 g/mol. The zero-order valence-electron chi connectivity index (χ0n) is 74.2. The highest BCUT2D eigenvalue weighted by Crippen LogP contribution is 2.34. The first-order valence-electron chi connectivity index (χ1n) is 39.6. The summed E-state index contributed by atoms with van der Waals surface area (Å²) < 4.78 is 8.88. The predicted molar refractivity (Wildman–Crippen MR) is 440 cm³/mol. The van der Waals surface area contributed by atoms with Crippen LogP contribution in [0, 0.1) is 88.8 Å². The molecule has 652 valence electrons. The first-order valence-corrected chi connectivity index (χ1v) is 39.6. The number of nitrogens with one attached hydrogen (secondary N) is 2. The molecule has 1 aliphatic carbocycles. The van der Waals surface area contributed by atoms with Gasteiger partial charge in [-0.2, -0.15) is 0 Å². The van der Waals surface area contributed by atoms with Crippen LogP contribution in [-0.4, -0.2) is 158 Å². The molecule has 25 heteroatoms. The van der Waals surface area contributed by atoms with Crippen molar-refractivity contribution >= 4 is 47.5 Å². The smallest absolute Gasteiger partial charge is 0.305 e. The van der Waals surface area contributed by atoms with Crippen LogP contribution in [0.15, 0.2) is 0 Å². The minimum Gasteiger partial charge on any atom is -0.481 e. The Labute approximate surface area is 655 Å². The molecule has 0 bridgehead atoms. The number of rotatable bonds is 36. The summed E-state index contributed by atoms with van der Waals surface area (Å²) in [5.74, 6) is 6.13. The number of ether oxygens (including phenoxy) is 2. The molecule has 0 spiro atoms. The van der Waals surface area contributed by atoms with Crippen molar-refractivity contribution < 1.29 is 99.1 Å². The van der Waals surface area contributed by atoms with Crippen molar-refractivity contribution in [3.8, 4) is 0 Å². The molecule has 0 saturated heterocycles. The molecule has 0 unspecified atom stereocenters. The van der Waals surface area contributed by atoms with Crippen LogP contribution in [0.1, 0.15) is 335 Å². The number of nitrogens with two attached hydrogens (primary N) is 3. The lowest BCUT2D eigenvalue weighted by Crippen LogP contribution is -2.19. The van der Waals surface area contributed by atoms with Crippen molar-refractivity contribution in [2.45, 2.75) is 347 Å². The first kappa shape index (κ1) is 132. The Balaban J connectivity index is -0.0000000809. The van der Waals surface area contributed by atoms with E-state index < -0.39 is 24.1 Å². The van der Waals surface area contributed by atoms with Gasteiger partial charge in [0, 0.05) is 64.6 Å². The van der Waals surface area contributed by atoms with E-state index in [2.05, 4.69) is 92.6 Å². The number of methoxy groups -OCH3 is 2. The van der Waals surface area contributed by atoms with Gasteiger partial charge < -0.3 is 67.5 Å². The molecule has 0 radical (unpaired) electrons. The Kier molecular flexibility index (Phi) is 122. The number of hydrogen-bond donors (Lipinski definition) is 15. The van der Waals surface area contributed by atoms with Crippen molar-refractivity contribution in [1.29, 1.82) is 0 Å². The maximum atomic E-state index is 10.5. The minimum absolute atomic E-state index is 0.108. The highest BCUT2D eigenvalue weighted by Gasteiger charge is 2.21. The van der Waals surface area contributed by atoms with E-state index in [1.807, 2.05) is 111 Å². The molecule has 1 fully saturated rings. The summed E-state index contributed by atoms with van der Waals surface area (Å²) in [5.41, 5.74) is 18.2. The third kappa shape index (κ3) is 208. The standard InChI is InChI=1S/C7H14O2.C7H14.C6H13NO2.C6H13NO.C6H15N.C6H12O2.2C6H14O2.C6H12O2.C6H14O.C5H11NO2.C5H11NO.C5H10O2.C5H12O/c1-6(2)4-5-7(8)9-3;1-6(2)5-7-3-4-7;1-5(2)3-4-6(8)7-9;1-5(2)3-4-6(7)8;1-6(2)4-3-5-7;1-5(2)4-6(7)8-3;2*1-5(2)3-6(8)4-7;1-5(2)3-4-6(7)8;1-6(2)4-3-5-7;1-4(2)3-5(7)6-8;2*1-4(2)3-5(6)7;1-5(2)3-4-6/h6H,4-5H2,1-3H3;6-7H,3-5H2,1-2H3;5,9H,3-4H2,1-2H3,(H,7,8);5H,3-4H2,1-2H3,(H2,7,8);6H,3-5,7H2,1-2H3;5H,4H2,1-3H3;2*5-8H,3-4H2,1-2H3;5H,3-4H2,1-2H3,(H,7,8);6-7H,3-5H2,1-2H3;4,8H,3H2,1-2H3,(H,6,7);4H,3H2,1-2H3,(H2,6,7);4H,3H2,1-2H3,(H,6,7);5-6H,3-4H2,1-2H3/t;;;;;;2*6-;;;;;;/m......10....../s1. The topological polar surface area (TPSA) is 459 Å². The van der Waals surface area contributed by atoms with Crippen LogP contribution in [0.3, 0.4) is 0 Å². The number of carboxylic acid groups (broad SMARTS) is 2. The van der Waals surface area contributed by atoms with Crippen LogP contribution in [-0.2, 0) is 47.8 Å². The number of carbonyl (C=O) groups excluding carboxylic acids is 6. The van der Waals surface area contributed by atoms with Crippen LogP contribution in [0.25, 0.3) is 0 Å². The Morgan fingerprint density at radius 3 is 0.832 bits per heavy atom. The van der Waals surface area contributed by atoms with Crippen LogP contribution in [0.5, 0.6) is 0 Å². The number of aliphatic hydroxyl groups excluding tert-OH is 6. The van der Waals surface area contributed by atoms with E-state index in [-0.39, 0.29) is 61.1 Å². The molecule has 0 aliphatic heterocycles. The number of carboxylic acids is 2. The van der Waals surface area contributed by atoms with Crippen LogP contribution >= 0.6 is 0 Å². The van der Waals surface area contributed by atoms with E-state index in [4.69, 9.17) is 68.5 Å². The SMILES string of the molecule is CC(C)CC(=O)NO.CC(C)CC(=O)O.CC(C)CC(N)=O.CC(C)CC1CC1.CC(C)CCC(=O)NO.CC(C)CCC(=O)O.CC(C)CCC(N)=O.CC(C)CCCN.CC(C)CCCO.CC(C)CCO.CC(C)C[C@@H](O)CO.CC(C)C[C@H](O)CO.COC(=O)CC(C)C.COC(=O)CCC(C)C. The average molecular weight is 1560 g/mol. The van der Waals surface area contributed by atoms with E-state index in [1.54, 1.807) is 11.0 Å². The Bertz CT molecular complexity index is 1750. The molecule has 0 aromatic heterocycles. The Morgan fingerprint density at radius 1 is 0.364 bits per heavy atom. The highest BCUT2D eigenvalue weighted by atomic mass is 16.5. The van der Waals surface area contributed by atoms with E-state index >= 15 is 0 Å². The van der Waals surface area contributed by atoms with Gasteiger partial charge in [0.2, 0.25) is 23.6 Å². The van der Waals surface area contributed by atoms with Crippen molar-refractivity contribution in [2.24, 2.45) is 106 Å². The molecule has 107 heavy (non-hydrogen) atoms. The van der Waals surface area contributed by atoms with E-state index in [0.717, 1.165) is 75.2 Å². The number of primary amides is 2. The van der Waals surface area contributed by atoms with Gasteiger partial charge in [-0.25, -0.2) is 11.0 Å². The molecule has 25 nitrogen and oxygen atoms in total. The van der Waals surface area contributed by atoms with Gasteiger partial charge in [0.05, 0.1) is 39.6 Å². The van der Waals surface area contributed by atoms with E-state index in [1.165, 1.54) is 46.3 Å². The summed E-state index contributed by atoms with van der Waals surface area (Å²) in [4.78, 5) is 81.4. The lowest BCUT2D eigenvalue weighted by atomic mass is 10.1. The van der Waals surface area contributed by atoms with Crippen LogP contribution in [0.4, 0.5) is 0 Å². The summed E-state index contributed by atoms with van der Waals surface area (Å²) in [6, 6.07) is 0. The third-order valence-electron chi connectivity index (χ3n) is 12.9. The quantitative estimate of drug-likeness (QED) is 0.0157. The highest BCUT2D eigenvalue weighted by molar-refractivity contribution is 5.75. The molecule has 1 rings (SSSR count). The lowest BCUT2D eigenvalue weighted by molar-refractivity contribution is -0.142. The summed E-state index contributed by atoms with van der Waals surface area (Å²) in [6.07, 6.45) is 17.3. The molecule has 18 N–H and O–H groups in total. The first-order chi connectivity index (χ1) is 49.1. The molecule has 2 atom stereocenters. The van der Waals surface area contributed by atoms with Crippen molar-refractivity contribution in [3.05, 3.63) is 0 Å². The molecule has 0 aromatic rings. The molecule has 1 saturated carbocycles. The molecule has 4 amide bonds. The van der Waals surface area contributed by atoms with Crippen molar-refractivity contribution in [2.75, 3.05) is 47.2 Å². The summed E-state index contributed by atoms with van der Waals surface area (Å²) in [6.45, 7) is 58.8. The van der Waals surface area contributed by atoms with Gasteiger partial charge in [-0.1, -0.05) is 207 Å². The average Bonchev–Trinajstić information content (AvgIpc) is 1.82. The van der Waals surface area contributed by atoms with Gasteiger partial charge >= 0.3 is 23.9 Å². The van der Waals surface area contributed by atoms with Gasteiger partial charge in [-0.15, -0.1) is 0 Å². The summed E-state index contributed by atoms with van der Waals surface area (Å²) in [7, 11) is 2.83.